The maximum absolute atomic E-state index is 9.15. The fourth-order valence-corrected chi connectivity index (χ4v) is 2.38. The van der Waals surface area contributed by atoms with Crippen LogP contribution in [0.15, 0.2) is 73.3 Å². The van der Waals surface area contributed by atoms with E-state index in [1.807, 2.05) is 33.4 Å². The Morgan fingerprint density at radius 3 is 1.29 bits per heavy atom. The summed E-state index contributed by atoms with van der Waals surface area (Å²) in [5.41, 5.74) is 2.67. The normalized spacial score (nSPS) is 10.5. The van der Waals surface area contributed by atoms with E-state index < -0.39 is 14.2 Å². The molecule has 0 atom stereocenters. The third kappa shape index (κ3) is 3.52. The van der Waals surface area contributed by atoms with Gasteiger partial charge < -0.3 is 20.1 Å². The van der Waals surface area contributed by atoms with Gasteiger partial charge in [0.25, 0.3) is 0 Å². The predicted octanol–water partition coefficient (Wildman–Crippen LogP) is -2.40. The van der Waals surface area contributed by atoms with Crippen LogP contribution >= 0.6 is 0 Å². The number of hydrogen-bond acceptors (Lipinski definition) is 4. The molecule has 0 bridgehead atoms. The van der Waals surface area contributed by atoms with Crippen LogP contribution in [0.5, 0.6) is 0 Å². The van der Waals surface area contributed by atoms with Crippen molar-refractivity contribution in [2.24, 2.45) is 0 Å². The Labute approximate surface area is 139 Å². The van der Waals surface area contributed by atoms with Crippen molar-refractivity contribution >= 4 is 25.2 Å². The lowest BCUT2D eigenvalue weighted by Crippen LogP contribution is -2.38. The summed E-state index contributed by atoms with van der Waals surface area (Å²) in [6.07, 6.45) is 7.01. The maximum Gasteiger partial charge on any atom is 0.488 e. The minimum absolute atomic E-state index is 0.426. The highest BCUT2D eigenvalue weighted by Gasteiger charge is 2.17. The Balaban J connectivity index is 1.91. The Morgan fingerprint density at radius 2 is 0.958 bits per heavy atom. The van der Waals surface area contributed by atoms with Crippen LogP contribution in [0.25, 0.3) is 11.4 Å². The summed E-state index contributed by atoms with van der Waals surface area (Å²) < 4.78 is 3.73. The predicted molar refractivity (Wildman–Crippen MR) is 89.2 cm³/mol. The van der Waals surface area contributed by atoms with Gasteiger partial charge in [0.1, 0.15) is 0 Å². The number of rotatable bonds is 4. The van der Waals surface area contributed by atoms with Crippen molar-refractivity contribution in [1.29, 1.82) is 0 Å². The summed E-state index contributed by atoms with van der Waals surface area (Å²) in [6, 6.07) is 14.3. The minimum atomic E-state index is -1.48. The third-order valence-corrected chi connectivity index (χ3v) is 3.73. The van der Waals surface area contributed by atoms with E-state index in [0.717, 1.165) is 11.4 Å². The molecule has 4 N–H and O–H groups in total. The maximum atomic E-state index is 9.15. The molecule has 8 heteroatoms. The van der Waals surface area contributed by atoms with Gasteiger partial charge in [0, 0.05) is 36.4 Å². The van der Waals surface area contributed by atoms with Gasteiger partial charge in [-0.2, -0.15) is 9.13 Å². The van der Waals surface area contributed by atoms with Crippen molar-refractivity contribution in [2.45, 2.75) is 0 Å². The van der Waals surface area contributed by atoms with Gasteiger partial charge >= 0.3 is 14.2 Å². The number of aromatic nitrogens is 2. The Morgan fingerprint density at radius 1 is 0.583 bits per heavy atom. The van der Waals surface area contributed by atoms with Gasteiger partial charge in [-0.25, -0.2) is 0 Å². The molecule has 0 aliphatic heterocycles. The second kappa shape index (κ2) is 6.94. The zero-order valence-electron chi connectivity index (χ0n) is 12.8. The molecule has 0 saturated heterocycles. The van der Waals surface area contributed by atoms with Gasteiger partial charge in [0.15, 0.2) is 24.8 Å². The van der Waals surface area contributed by atoms with E-state index in [2.05, 4.69) is 0 Å². The van der Waals surface area contributed by atoms with Crippen LogP contribution in [0, 0.1) is 0 Å². The molecule has 1 aromatic carbocycles. The monoisotopic (exact) mass is 322 g/mol. The molecule has 0 fully saturated rings. The van der Waals surface area contributed by atoms with Gasteiger partial charge in [-0.15, -0.1) is 0 Å². The van der Waals surface area contributed by atoms with Gasteiger partial charge in [-0.3, -0.25) is 0 Å². The highest BCUT2D eigenvalue weighted by Crippen LogP contribution is 2.04. The summed E-state index contributed by atoms with van der Waals surface area (Å²) in [7, 11) is -2.97. The van der Waals surface area contributed by atoms with E-state index in [1.165, 1.54) is 0 Å². The van der Waals surface area contributed by atoms with Crippen LogP contribution in [0.4, 0.5) is 0 Å². The van der Waals surface area contributed by atoms with Crippen molar-refractivity contribution in [2.75, 3.05) is 0 Å². The van der Waals surface area contributed by atoms with E-state index in [1.54, 1.807) is 49.1 Å². The molecule has 6 nitrogen and oxygen atoms in total. The molecule has 24 heavy (non-hydrogen) atoms. The number of pyridine rings is 2. The molecule has 0 unspecified atom stereocenters. The number of benzene rings is 1. The second-order valence-corrected chi connectivity index (χ2v) is 5.34. The number of nitrogens with zero attached hydrogens (tertiary/aromatic N) is 2. The van der Waals surface area contributed by atoms with E-state index in [-0.39, 0.29) is 0 Å². The summed E-state index contributed by atoms with van der Waals surface area (Å²) in [5.74, 6) is 0. The molecule has 0 amide bonds. The zero-order chi connectivity index (χ0) is 17.1. The van der Waals surface area contributed by atoms with E-state index >= 15 is 0 Å². The first-order chi connectivity index (χ1) is 11.5. The van der Waals surface area contributed by atoms with Crippen molar-refractivity contribution in [3.63, 3.8) is 0 Å². The first kappa shape index (κ1) is 16.4. The Bertz CT molecular complexity index is 757. The highest BCUT2D eigenvalue weighted by molar-refractivity contribution is 6.58. The molecule has 3 aromatic rings. The molecule has 118 valence electrons. The van der Waals surface area contributed by atoms with Crippen LogP contribution < -0.4 is 20.1 Å². The lowest BCUT2D eigenvalue weighted by atomic mass is 9.81. The van der Waals surface area contributed by atoms with Crippen LogP contribution in [0.3, 0.4) is 0 Å². The molecular weight excluding hydrogens is 306 g/mol. The van der Waals surface area contributed by atoms with Gasteiger partial charge in [0.2, 0.25) is 11.4 Å². The van der Waals surface area contributed by atoms with E-state index in [4.69, 9.17) is 20.1 Å². The molecule has 2 heterocycles. The highest BCUT2D eigenvalue weighted by atomic mass is 16.4. The fraction of sp³-hybridized carbons (Fsp3) is 0. The van der Waals surface area contributed by atoms with Crippen LogP contribution in [-0.4, -0.2) is 34.3 Å². The van der Waals surface area contributed by atoms with Crippen LogP contribution in [0.1, 0.15) is 0 Å². The smallest absolute Gasteiger partial charge is 0.423 e. The Hall–Kier alpha value is -2.51. The fourth-order valence-electron chi connectivity index (χ4n) is 2.38. The molecule has 2 aromatic heterocycles. The summed E-state index contributed by atoms with van der Waals surface area (Å²) in [4.78, 5) is 0. The van der Waals surface area contributed by atoms with Gasteiger partial charge in [0.05, 0.1) is 6.07 Å². The largest absolute Gasteiger partial charge is 0.488 e. The van der Waals surface area contributed by atoms with Crippen LogP contribution in [0.2, 0.25) is 0 Å². The lowest BCUT2D eigenvalue weighted by Gasteiger charge is -2.01. The van der Waals surface area contributed by atoms with Gasteiger partial charge in [-0.05, 0) is 17.0 Å². The topological polar surface area (TPSA) is 88.7 Å². The quantitative estimate of drug-likeness (QED) is 0.319. The van der Waals surface area contributed by atoms with Gasteiger partial charge in [-0.1, -0.05) is 0 Å². The molecule has 0 spiro atoms. The number of hydrogen-bond donors (Lipinski definition) is 4. The van der Waals surface area contributed by atoms with E-state index in [0.29, 0.717) is 10.9 Å². The van der Waals surface area contributed by atoms with Crippen molar-refractivity contribution in [1.82, 2.24) is 0 Å². The molecule has 0 saturated carbocycles. The minimum Gasteiger partial charge on any atom is -0.423 e. The van der Waals surface area contributed by atoms with Crippen molar-refractivity contribution < 1.29 is 29.2 Å². The zero-order valence-corrected chi connectivity index (χ0v) is 12.8. The first-order valence-electron chi connectivity index (χ1n) is 7.40. The molecule has 0 radical (unpaired) electrons. The molecule has 0 aliphatic rings. The first-order valence-corrected chi connectivity index (χ1v) is 7.40. The van der Waals surface area contributed by atoms with Crippen LogP contribution in [-0.2, 0) is 0 Å². The van der Waals surface area contributed by atoms with Crippen molar-refractivity contribution in [3.8, 4) is 11.4 Å². The average molecular weight is 322 g/mol. The lowest BCUT2D eigenvalue weighted by molar-refractivity contribution is -0.604. The molecule has 0 aliphatic carbocycles. The summed E-state index contributed by atoms with van der Waals surface area (Å²) in [6.45, 7) is 0. The summed E-state index contributed by atoms with van der Waals surface area (Å²) >= 11 is 0. The molecular formula is C16H16B2N2O4+2. The SMILES string of the molecule is OB(O)c1cc[n+](-c2cccc(-[n+]3ccc(B(O)O)cc3)c2)cc1. The third-order valence-electron chi connectivity index (χ3n) is 3.73. The molecule has 3 rings (SSSR count). The van der Waals surface area contributed by atoms with Crippen molar-refractivity contribution in [3.05, 3.63) is 73.3 Å². The standard InChI is InChI=1S/C16H16B2N2O4/c21-17(22)13-4-8-19(9-5-13)15-2-1-3-16(12-15)20-10-6-14(7-11-20)18(23)24/h1-12,21-24H/q+2. The second-order valence-electron chi connectivity index (χ2n) is 5.34. The average Bonchev–Trinajstić information content (AvgIpc) is 2.62. The van der Waals surface area contributed by atoms with E-state index in [9.17, 15) is 0 Å². The Kier molecular flexibility index (Phi) is 4.73. The summed E-state index contributed by atoms with van der Waals surface area (Å²) in [5, 5.41) is 36.6.